The third-order valence-electron chi connectivity index (χ3n) is 2.57. The van der Waals surface area contributed by atoms with Gasteiger partial charge in [0.25, 0.3) is 0 Å². The highest BCUT2D eigenvalue weighted by Gasteiger charge is 2.18. The highest BCUT2D eigenvalue weighted by atomic mass is 19.1. The molecule has 0 aromatic heterocycles. The van der Waals surface area contributed by atoms with Gasteiger partial charge in [-0.2, -0.15) is 0 Å². The maximum absolute atomic E-state index is 13.6. The SMILES string of the molecule is CCCNC(CCC)c1c(F)cccc1F. The zero-order chi connectivity index (χ0) is 12.0. The van der Waals surface area contributed by atoms with Crippen LogP contribution in [-0.4, -0.2) is 6.54 Å². The van der Waals surface area contributed by atoms with Gasteiger partial charge in [-0.15, -0.1) is 0 Å². The molecule has 1 aromatic carbocycles. The molecule has 1 nitrogen and oxygen atoms in total. The summed E-state index contributed by atoms with van der Waals surface area (Å²) in [5.41, 5.74) is 0.179. The minimum atomic E-state index is -0.456. The van der Waals surface area contributed by atoms with Crippen molar-refractivity contribution >= 4 is 0 Å². The summed E-state index contributed by atoms with van der Waals surface area (Å²) in [5, 5.41) is 3.19. The van der Waals surface area contributed by atoms with Crippen LogP contribution in [0, 0.1) is 11.6 Å². The first kappa shape index (κ1) is 13.1. The lowest BCUT2D eigenvalue weighted by molar-refractivity contribution is 0.443. The van der Waals surface area contributed by atoms with Crippen molar-refractivity contribution in [2.45, 2.75) is 39.2 Å². The van der Waals surface area contributed by atoms with Gasteiger partial charge in [0.05, 0.1) is 0 Å². The van der Waals surface area contributed by atoms with Crippen LogP contribution in [0.15, 0.2) is 18.2 Å². The van der Waals surface area contributed by atoms with Gasteiger partial charge in [0.15, 0.2) is 0 Å². The molecule has 0 radical (unpaired) electrons. The Hall–Kier alpha value is -0.960. The smallest absolute Gasteiger partial charge is 0.130 e. The molecule has 0 aliphatic carbocycles. The van der Waals surface area contributed by atoms with Crippen LogP contribution >= 0.6 is 0 Å². The molecule has 0 amide bonds. The standard InChI is InChI=1S/C13H19F2N/c1-3-6-12(16-9-4-2)13-10(14)7-5-8-11(13)15/h5,7-8,12,16H,3-4,6,9H2,1-2H3. The Morgan fingerprint density at radius 1 is 1.12 bits per heavy atom. The quantitative estimate of drug-likeness (QED) is 0.779. The average molecular weight is 227 g/mol. The zero-order valence-corrected chi connectivity index (χ0v) is 9.89. The summed E-state index contributed by atoms with van der Waals surface area (Å²) in [6, 6.07) is 3.81. The largest absolute Gasteiger partial charge is 0.310 e. The fourth-order valence-corrected chi connectivity index (χ4v) is 1.80. The van der Waals surface area contributed by atoms with Crippen LogP contribution < -0.4 is 5.32 Å². The Balaban J connectivity index is 2.90. The predicted molar refractivity (Wildman–Crippen MR) is 62.3 cm³/mol. The molecular weight excluding hydrogens is 208 g/mol. The van der Waals surface area contributed by atoms with Crippen LogP contribution in [0.1, 0.15) is 44.7 Å². The van der Waals surface area contributed by atoms with Gasteiger partial charge in [-0.05, 0) is 31.5 Å². The monoisotopic (exact) mass is 227 g/mol. The lowest BCUT2D eigenvalue weighted by Gasteiger charge is -2.19. The van der Waals surface area contributed by atoms with Crippen LogP contribution in [0.3, 0.4) is 0 Å². The lowest BCUT2D eigenvalue weighted by atomic mass is 10.0. The molecule has 0 bridgehead atoms. The Kier molecular flexibility index (Phi) is 5.39. The van der Waals surface area contributed by atoms with Crippen molar-refractivity contribution in [3.8, 4) is 0 Å². The minimum Gasteiger partial charge on any atom is -0.310 e. The second-order valence-electron chi connectivity index (χ2n) is 3.93. The summed E-state index contributed by atoms with van der Waals surface area (Å²) < 4.78 is 27.1. The average Bonchev–Trinajstić information content (AvgIpc) is 2.25. The second-order valence-corrected chi connectivity index (χ2v) is 3.93. The van der Waals surface area contributed by atoms with Crippen molar-refractivity contribution in [3.05, 3.63) is 35.4 Å². The molecular formula is C13H19F2N. The van der Waals surface area contributed by atoms with Crippen molar-refractivity contribution < 1.29 is 8.78 Å². The molecule has 16 heavy (non-hydrogen) atoms. The fourth-order valence-electron chi connectivity index (χ4n) is 1.80. The molecule has 1 atom stereocenters. The first-order valence-electron chi connectivity index (χ1n) is 5.88. The van der Waals surface area contributed by atoms with Gasteiger partial charge in [-0.25, -0.2) is 8.78 Å². The van der Waals surface area contributed by atoms with E-state index in [2.05, 4.69) is 5.32 Å². The molecule has 0 fully saturated rings. The Morgan fingerprint density at radius 3 is 2.25 bits per heavy atom. The molecule has 1 unspecified atom stereocenters. The van der Waals surface area contributed by atoms with Gasteiger partial charge < -0.3 is 5.32 Å². The van der Waals surface area contributed by atoms with E-state index in [0.717, 1.165) is 25.8 Å². The zero-order valence-electron chi connectivity index (χ0n) is 9.89. The van der Waals surface area contributed by atoms with Crippen LogP contribution in [0.5, 0.6) is 0 Å². The Labute approximate surface area is 95.9 Å². The van der Waals surface area contributed by atoms with Gasteiger partial charge in [0, 0.05) is 11.6 Å². The van der Waals surface area contributed by atoms with Crippen LogP contribution in [0.25, 0.3) is 0 Å². The van der Waals surface area contributed by atoms with Crippen molar-refractivity contribution in [2.75, 3.05) is 6.54 Å². The summed E-state index contributed by atoms with van der Waals surface area (Å²) in [6.45, 7) is 4.82. The number of nitrogens with one attached hydrogen (secondary N) is 1. The summed E-state index contributed by atoms with van der Waals surface area (Å²) in [5.74, 6) is -0.913. The highest BCUT2D eigenvalue weighted by Crippen LogP contribution is 2.24. The van der Waals surface area contributed by atoms with E-state index in [1.54, 1.807) is 0 Å². The van der Waals surface area contributed by atoms with Crippen LogP contribution in [0.4, 0.5) is 8.78 Å². The maximum atomic E-state index is 13.6. The number of hydrogen-bond acceptors (Lipinski definition) is 1. The molecule has 3 heteroatoms. The number of rotatable bonds is 6. The third kappa shape index (κ3) is 3.27. The summed E-state index contributed by atoms with van der Waals surface area (Å²) in [6.07, 6.45) is 2.60. The number of halogens is 2. The molecule has 0 aliphatic heterocycles. The molecule has 0 saturated heterocycles. The normalized spacial score (nSPS) is 12.8. The highest BCUT2D eigenvalue weighted by molar-refractivity contribution is 5.23. The van der Waals surface area contributed by atoms with Gasteiger partial charge in [0.2, 0.25) is 0 Å². The number of hydrogen-bond donors (Lipinski definition) is 1. The molecule has 0 heterocycles. The summed E-state index contributed by atoms with van der Waals surface area (Å²) in [4.78, 5) is 0. The molecule has 0 spiro atoms. The molecule has 1 N–H and O–H groups in total. The van der Waals surface area contributed by atoms with E-state index in [1.807, 2.05) is 13.8 Å². The van der Waals surface area contributed by atoms with Gasteiger partial charge >= 0.3 is 0 Å². The predicted octanol–water partition coefficient (Wildman–Crippen LogP) is 3.81. The van der Waals surface area contributed by atoms with Crippen molar-refractivity contribution in [3.63, 3.8) is 0 Å². The topological polar surface area (TPSA) is 12.0 Å². The van der Waals surface area contributed by atoms with Crippen molar-refractivity contribution in [2.24, 2.45) is 0 Å². The molecule has 0 saturated carbocycles. The molecule has 1 rings (SSSR count). The lowest BCUT2D eigenvalue weighted by Crippen LogP contribution is -2.24. The van der Waals surface area contributed by atoms with Crippen LogP contribution in [-0.2, 0) is 0 Å². The van der Waals surface area contributed by atoms with E-state index < -0.39 is 11.6 Å². The first-order valence-corrected chi connectivity index (χ1v) is 5.88. The Morgan fingerprint density at radius 2 is 1.75 bits per heavy atom. The molecule has 90 valence electrons. The van der Waals surface area contributed by atoms with Crippen molar-refractivity contribution in [1.29, 1.82) is 0 Å². The molecule has 0 aliphatic rings. The Bertz CT molecular complexity index is 305. The van der Waals surface area contributed by atoms with E-state index in [4.69, 9.17) is 0 Å². The number of benzene rings is 1. The van der Waals surface area contributed by atoms with E-state index in [1.165, 1.54) is 18.2 Å². The van der Waals surface area contributed by atoms with E-state index in [-0.39, 0.29) is 11.6 Å². The maximum Gasteiger partial charge on any atom is 0.130 e. The fraction of sp³-hybridized carbons (Fsp3) is 0.538. The second kappa shape index (κ2) is 6.59. The van der Waals surface area contributed by atoms with Gasteiger partial charge in [0.1, 0.15) is 11.6 Å². The van der Waals surface area contributed by atoms with E-state index in [9.17, 15) is 8.78 Å². The van der Waals surface area contributed by atoms with Crippen LogP contribution in [0.2, 0.25) is 0 Å². The first-order chi connectivity index (χ1) is 7.70. The van der Waals surface area contributed by atoms with Gasteiger partial charge in [-0.3, -0.25) is 0 Å². The van der Waals surface area contributed by atoms with E-state index >= 15 is 0 Å². The third-order valence-corrected chi connectivity index (χ3v) is 2.57. The van der Waals surface area contributed by atoms with Gasteiger partial charge in [-0.1, -0.05) is 26.3 Å². The van der Waals surface area contributed by atoms with Crippen molar-refractivity contribution in [1.82, 2.24) is 5.32 Å². The summed E-state index contributed by atoms with van der Waals surface area (Å²) in [7, 11) is 0. The minimum absolute atomic E-state index is 0.179. The van der Waals surface area contributed by atoms with E-state index in [0.29, 0.717) is 0 Å². The summed E-state index contributed by atoms with van der Waals surface area (Å²) >= 11 is 0. The molecule has 1 aromatic rings.